The standard InChI is InChI=1S/C20H29N5O2/c1-14-8-10-15(11-9-14)25-17(12-16(22-25)20(2,3)4)21-18(26)13-24(7)19(27)23(5)6/h8-12H,13H2,1-7H3,(H,21,26). The van der Waals surface area contributed by atoms with Gasteiger partial charge in [0.05, 0.1) is 11.4 Å². The smallest absolute Gasteiger partial charge is 0.319 e. The van der Waals surface area contributed by atoms with Crippen LogP contribution in [0.3, 0.4) is 0 Å². The minimum absolute atomic E-state index is 0.0407. The number of hydrogen-bond donors (Lipinski definition) is 1. The Kier molecular flexibility index (Phi) is 5.93. The maximum absolute atomic E-state index is 12.5. The molecule has 1 aromatic carbocycles. The first-order valence-electron chi connectivity index (χ1n) is 8.89. The van der Waals surface area contributed by atoms with E-state index in [1.807, 2.05) is 37.3 Å². The molecule has 0 saturated carbocycles. The lowest BCUT2D eigenvalue weighted by atomic mass is 9.92. The molecule has 0 bridgehead atoms. The summed E-state index contributed by atoms with van der Waals surface area (Å²) in [6.07, 6.45) is 0. The van der Waals surface area contributed by atoms with Crippen LogP contribution in [0.1, 0.15) is 32.0 Å². The summed E-state index contributed by atoms with van der Waals surface area (Å²) in [7, 11) is 4.90. The van der Waals surface area contributed by atoms with Crippen molar-refractivity contribution in [3.8, 4) is 5.69 Å². The molecule has 3 amide bonds. The number of carbonyl (C=O) groups excluding carboxylic acids is 2. The van der Waals surface area contributed by atoms with Crippen molar-refractivity contribution in [2.24, 2.45) is 0 Å². The molecule has 146 valence electrons. The summed E-state index contributed by atoms with van der Waals surface area (Å²) in [5.41, 5.74) is 2.73. The molecule has 1 heterocycles. The predicted octanol–water partition coefficient (Wildman–Crippen LogP) is 3.03. The number of benzene rings is 1. The molecule has 0 aliphatic heterocycles. The Morgan fingerprint density at radius 2 is 1.70 bits per heavy atom. The van der Waals surface area contributed by atoms with E-state index in [0.717, 1.165) is 16.9 Å². The summed E-state index contributed by atoms with van der Waals surface area (Å²) in [4.78, 5) is 27.2. The van der Waals surface area contributed by atoms with Gasteiger partial charge < -0.3 is 15.1 Å². The van der Waals surface area contributed by atoms with Gasteiger partial charge in [0, 0.05) is 32.6 Å². The largest absolute Gasteiger partial charge is 0.331 e. The molecule has 0 fully saturated rings. The zero-order valence-electron chi connectivity index (χ0n) is 17.2. The highest BCUT2D eigenvalue weighted by molar-refractivity contribution is 5.93. The van der Waals surface area contributed by atoms with E-state index < -0.39 is 0 Å². The Labute approximate surface area is 161 Å². The first-order chi connectivity index (χ1) is 12.5. The lowest BCUT2D eigenvalue weighted by Gasteiger charge is -2.21. The van der Waals surface area contributed by atoms with Crippen LogP contribution in [0.15, 0.2) is 30.3 Å². The van der Waals surface area contributed by atoms with Crippen molar-refractivity contribution in [1.29, 1.82) is 0 Å². The zero-order valence-corrected chi connectivity index (χ0v) is 17.2. The molecule has 0 saturated heterocycles. The van der Waals surface area contributed by atoms with Crippen molar-refractivity contribution in [3.63, 3.8) is 0 Å². The average molecular weight is 371 g/mol. The molecule has 1 N–H and O–H groups in total. The Morgan fingerprint density at radius 3 is 2.22 bits per heavy atom. The van der Waals surface area contributed by atoms with E-state index in [9.17, 15) is 9.59 Å². The maximum atomic E-state index is 12.5. The van der Waals surface area contributed by atoms with Gasteiger partial charge >= 0.3 is 6.03 Å². The van der Waals surface area contributed by atoms with Gasteiger partial charge in [0.25, 0.3) is 0 Å². The minimum atomic E-state index is -0.276. The fourth-order valence-electron chi connectivity index (χ4n) is 2.53. The van der Waals surface area contributed by atoms with Gasteiger partial charge in [0.15, 0.2) is 0 Å². The van der Waals surface area contributed by atoms with Crippen LogP contribution in [0.4, 0.5) is 10.6 Å². The van der Waals surface area contributed by atoms with E-state index >= 15 is 0 Å². The molecule has 7 nitrogen and oxygen atoms in total. The monoisotopic (exact) mass is 371 g/mol. The number of carbonyl (C=O) groups is 2. The van der Waals surface area contributed by atoms with Gasteiger partial charge in [-0.25, -0.2) is 9.48 Å². The van der Waals surface area contributed by atoms with Crippen LogP contribution in [0.2, 0.25) is 0 Å². The molecule has 2 rings (SSSR count). The second-order valence-electron chi connectivity index (χ2n) is 7.99. The second kappa shape index (κ2) is 7.82. The highest BCUT2D eigenvalue weighted by Crippen LogP contribution is 2.26. The van der Waals surface area contributed by atoms with Crippen molar-refractivity contribution < 1.29 is 9.59 Å². The highest BCUT2D eigenvalue weighted by atomic mass is 16.2. The average Bonchev–Trinajstić information content (AvgIpc) is 2.98. The third-order valence-electron chi connectivity index (χ3n) is 4.11. The number of likely N-dealkylation sites (N-methyl/N-ethyl adjacent to an activating group) is 1. The molecule has 7 heteroatoms. The molecule has 1 aromatic heterocycles. The molecular formula is C20H29N5O2. The Hall–Kier alpha value is -2.83. The van der Waals surface area contributed by atoms with Crippen molar-refractivity contribution in [1.82, 2.24) is 19.6 Å². The third kappa shape index (κ3) is 5.09. The van der Waals surface area contributed by atoms with E-state index in [1.54, 1.807) is 25.8 Å². The van der Waals surface area contributed by atoms with Crippen LogP contribution in [-0.4, -0.2) is 59.2 Å². The maximum Gasteiger partial charge on any atom is 0.319 e. The van der Waals surface area contributed by atoms with E-state index in [-0.39, 0.29) is 23.9 Å². The lowest BCUT2D eigenvalue weighted by Crippen LogP contribution is -2.41. The van der Waals surface area contributed by atoms with Crippen molar-refractivity contribution in [2.45, 2.75) is 33.1 Å². The normalized spacial score (nSPS) is 11.2. The first-order valence-corrected chi connectivity index (χ1v) is 8.89. The number of amides is 3. The van der Waals surface area contributed by atoms with Gasteiger partial charge in [-0.2, -0.15) is 5.10 Å². The number of anilines is 1. The van der Waals surface area contributed by atoms with E-state index in [1.165, 1.54) is 9.80 Å². The molecule has 27 heavy (non-hydrogen) atoms. The molecule has 0 unspecified atom stereocenters. The summed E-state index contributed by atoms with van der Waals surface area (Å²) >= 11 is 0. The summed E-state index contributed by atoms with van der Waals surface area (Å²) in [6.45, 7) is 8.20. The van der Waals surface area contributed by atoms with Gasteiger partial charge in [-0.1, -0.05) is 38.5 Å². The minimum Gasteiger partial charge on any atom is -0.331 e. The summed E-state index contributed by atoms with van der Waals surface area (Å²) < 4.78 is 1.73. The van der Waals surface area contributed by atoms with Gasteiger partial charge in [-0.15, -0.1) is 0 Å². The zero-order chi connectivity index (χ0) is 20.4. The fourth-order valence-corrected chi connectivity index (χ4v) is 2.53. The number of nitrogens with one attached hydrogen (secondary N) is 1. The van der Waals surface area contributed by atoms with Crippen molar-refractivity contribution >= 4 is 17.8 Å². The molecule has 0 spiro atoms. The number of nitrogens with zero attached hydrogens (tertiary/aromatic N) is 4. The fraction of sp³-hybridized carbons (Fsp3) is 0.450. The van der Waals surface area contributed by atoms with Crippen LogP contribution in [0.5, 0.6) is 0 Å². The number of aromatic nitrogens is 2. The number of aryl methyl sites for hydroxylation is 1. The molecule has 0 atom stereocenters. The Balaban J connectivity index is 2.29. The van der Waals surface area contributed by atoms with Crippen LogP contribution in [-0.2, 0) is 10.2 Å². The van der Waals surface area contributed by atoms with Gasteiger partial charge in [-0.3, -0.25) is 4.79 Å². The number of urea groups is 1. The van der Waals surface area contributed by atoms with Crippen LogP contribution < -0.4 is 5.32 Å². The second-order valence-corrected chi connectivity index (χ2v) is 7.99. The predicted molar refractivity (Wildman–Crippen MR) is 107 cm³/mol. The van der Waals surface area contributed by atoms with Gasteiger partial charge in [0.2, 0.25) is 5.91 Å². The van der Waals surface area contributed by atoms with Crippen LogP contribution >= 0.6 is 0 Å². The SMILES string of the molecule is Cc1ccc(-n2nc(C(C)(C)C)cc2NC(=O)CN(C)C(=O)N(C)C)cc1. The van der Waals surface area contributed by atoms with E-state index in [0.29, 0.717) is 5.82 Å². The molecular weight excluding hydrogens is 342 g/mol. The summed E-state index contributed by atoms with van der Waals surface area (Å²) in [5, 5.41) is 7.58. The quantitative estimate of drug-likeness (QED) is 0.898. The number of rotatable bonds is 4. The van der Waals surface area contributed by atoms with E-state index in [2.05, 4.69) is 26.1 Å². The lowest BCUT2D eigenvalue weighted by molar-refractivity contribution is -0.116. The van der Waals surface area contributed by atoms with Gasteiger partial charge in [-0.05, 0) is 19.1 Å². The van der Waals surface area contributed by atoms with Crippen molar-refractivity contribution in [2.75, 3.05) is 33.0 Å². The summed E-state index contributed by atoms with van der Waals surface area (Å²) in [6, 6.07) is 9.59. The van der Waals surface area contributed by atoms with Crippen LogP contribution in [0.25, 0.3) is 5.69 Å². The topological polar surface area (TPSA) is 70.5 Å². The molecule has 0 radical (unpaired) electrons. The molecule has 2 aromatic rings. The van der Waals surface area contributed by atoms with Gasteiger partial charge in [0.1, 0.15) is 12.4 Å². The Morgan fingerprint density at radius 1 is 1.11 bits per heavy atom. The summed E-state index contributed by atoms with van der Waals surface area (Å²) in [5.74, 6) is 0.306. The highest BCUT2D eigenvalue weighted by Gasteiger charge is 2.22. The number of hydrogen-bond acceptors (Lipinski definition) is 3. The third-order valence-corrected chi connectivity index (χ3v) is 4.11. The first kappa shape index (κ1) is 20.5. The Bertz CT molecular complexity index is 816. The van der Waals surface area contributed by atoms with Crippen LogP contribution in [0, 0.1) is 6.92 Å². The van der Waals surface area contributed by atoms with E-state index in [4.69, 9.17) is 5.10 Å². The van der Waals surface area contributed by atoms with Crippen molar-refractivity contribution in [3.05, 3.63) is 41.6 Å². The molecule has 0 aliphatic carbocycles. The molecule has 0 aliphatic rings.